The SMILES string of the molecule is N#Cc1c(C(F)(F)F)cc(-c2ccc(Cl)cc2)nc1N1CCOCC1. The van der Waals surface area contributed by atoms with Crippen molar-refractivity contribution in [2.45, 2.75) is 6.18 Å². The predicted molar refractivity (Wildman–Crippen MR) is 87.4 cm³/mol. The smallest absolute Gasteiger partial charge is 0.378 e. The fraction of sp³-hybridized carbons (Fsp3) is 0.294. The third-order valence-corrected chi connectivity index (χ3v) is 4.12. The van der Waals surface area contributed by atoms with Gasteiger partial charge in [-0.05, 0) is 18.2 Å². The van der Waals surface area contributed by atoms with E-state index in [1.807, 2.05) is 0 Å². The molecule has 1 aliphatic rings. The van der Waals surface area contributed by atoms with Crippen LogP contribution >= 0.6 is 11.6 Å². The van der Waals surface area contributed by atoms with Crippen LogP contribution in [0.25, 0.3) is 11.3 Å². The van der Waals surface area contributed by atoms with Gasteiger partial charge in [0.05, 0.1) is 24.5 Å². The molecular weight excluding hydrogens is 355 g/mol. The number of alkyl halides is 3. The van der Waals surface area contributed by atoms with Gasteiger partial charge in [0, 0.05) is 23.7 Å². The minimum atomic E-state index is -4.66. The monoisotopic (exact) mass is 367 g/mol. The van der Waals surface area contributed by atoms with Crippen molar-refractivity contribution < 1.29 is 17.9 Å². The number of rotatable bonds is 2. The normalized spacial score (nSPS) is 15.1. The first kappa shape index (κ1) is 17.5. The molecule has 25 heavy (non-hydrogen) atoms. The lowest BCUT2D eigenvalue weighted by Gasteiger charge is -2.29. The quantitative estimate of drug-likeness (QED) is 0.800. The van der Waals surface area contributed by atoms with Crippen molar-refractivity contribution in [3.63, 3.8) is 0 Å². The summed E-state index contributed by atoms with van der Waals surface area (Å²) in [5, 5.41) is 9.80. The van der Waals surface area contributed by atoms with Crippen LogP contribution in [0.5, 0.6) is 0 Å². The highest BCUT2D eigenvalue weighted by molar-refractivity contribution is 6.30. The molecular formula is C17H13ClF3N3O. The third-order valence-electron chi connectivity index (χ3n) is 3.87. The summed E-state index contributed by atoms with van der Waals surface area (Å²) in [4.78, 5) is 6.00. The number of hydrogen-bond donors (Lipinski definition) is 0. The van der Waals surface area contributed by atoms with Gasteiger partial charge in [0.15, 0.2) is 0 Å². The van der Waals surface area contributed by atoms with Crippen LogP contribution in [0.1, 0.15) is 11.1 Å². The highest BCUT2D eigenvalue weighted by Gasteiger charge is 2.37. The van der Waals surface area contributed by atoms with Crippen LogP contribution in [0.2, 0.25) is 5.02 Å². The third kappa shape index (κ3) is 3.70. The molecule has 1 fully saturated rings. The van der Waals surface area contributed by atoms with E-state index >= 15 is 0 Å². The molecule has 0 radical (unpaired) electrons. The number of pyridine rings is 1. The Kier molecular flexibility index (Phi) is 4.84. The van der Waals surface area contributed by atoms with Gasteiger partial charge in [0.1, 0.15) is 17.5 Å². The Labute approximate surface area is 147 Å². The summed E-state index contributed by atoms with van der Waals surface area (Å²) < 4.78 is 45.7. The molecule has 8 heteroatoms. The van der Waals surface area contributed by atoms with E-state index in [0.29, 0.717) is 36.9 Å². The number of nitrogens with zero attached hydrogens (tertiary/aromatic N) is 3. The Bertz CT molecular complexity index is 810. The molecule has 1 aliphatic heterocycles. The number of morpholine rings is 1. The zero-order valence-corrected chi connectivity index (χ0v) is 13.7. The molecule has 0 N–H and O–H groups in total. The minimum absolute atomic E-state index is 0.0329. The first-order chi connectivity index (χ1) is 11.9. The Balaban J connectivity index is 2.19. The van der Waals surface area contributed by atoms with Crippen LogP contribution < -0.4 is 4.90 Å². The summed E-state index contributed by atoms with van der Waals surface area (Å²) in [5.74, 6) is 0.0329. The fourth-order valence-corrected chi connectivity index (χ4v) is 2.76. The first-order valence-corrected chi connectivity index (χ1v) is 7.89. The first-order valence-electron chi connectivity index (χ1n) is 7.51. The van der Waals surface area contributed by atoms with E-state index in [1.54, 1.807) is 35.2 Å². The number of aromatic nitrogens is 1. The van der Waals surface area contributed by atoms with Crippen molar-refractivity contribution in [2.75, 3.05) is 31.2 Å². The van der Waals surface area contributed by atoms with Gasteiger partial charge in [-0.15, -0.1) is 0 Å². The fourth-order valence-electron chi connectivity index (χ4n) is 2.64. The summed E-state index contributed by atoms with van der Waals surface area (Å²) in [7, 11) is 0. The maximum Gasteiger partial charge on any atom is 0.417 e. The summed E-state index contributed by atoms with van der Waals surface area (Å²) in [5.41, 5.74) is -0.818. The standard InChI is InChI=1S/C17H13ClF3N3O/c18-12-3-1-11(2-4-12)15-9-14(17(19,20)21)13(10-22)16(23-15)24-5-7-25-8-6-24/h1-4,9H,5-8H2. The molecule has 2 heterocycles. The van der Waals surface area contributed by atoms with Crippen molar-refractivity contribution in [3.05, 3.63) is 46.5 Å². The molecule has 2 aromatic rings. The van der Waals surface area contributed by atoms with E-state index in [9.17, 15) is 18.4 Å². The predicted octanol–water partition coefficient (Wildman–Crippen LogP) is 4.13. The Morgan fingerprint density at radius 2 is 1.80 bits per heavy atom. The largest absolute Gasteiger partial charge is 0.417 e. The molecule has 0 unspecified atom stereocenters. The Hall–Kier alpha value is -2.30. The molecule has 130 valence electrons. The lowest BCUT2D eigenvalue weighted by atomic mass is 10.0. The van der Waals surface area contributed by atoms with Crippen molar-refractivity contribution in [2.24, 2.45) is 0 Å². The zero-order chi connectivity index (χ0) is 18.0. The van der Waals surface area contributed by atoms with Crippen LogP contribution in [0, 0.1) is 11.3 Å². The lowest BCUT2D eigenvalue weighted by Crippen LogP contribution is -2.37. The molecule has 0 saturated carbocycles. The van der Waals surface area contributed by atoms with Gasteiger partial charge >= 0.3 is 6.18 Å². The van der Waals surface area contributed by atoms with E-state index in [2.05, 4.69) is 4.98 Å². The van der Waals surface area contributed by atoms with Crippen LogP contribution in [-0.4, -0.2) is 31.3 Å². The van der Waals surface area contributed by atoms with Crippen molar-refractivity contribution in [3.8, 4) is 17.3 Å². The molecule has 1 aromatic carbocycles. The van der Waals surface area contributed by atoms with Crippen LogP contribution in [0.4, 0.5) is 19.0 Å². The van der Waals surface area contributed by atoms with Gasteiger partial charge in [-0.25, -0.2) is 4.98 Å². The molecule has 0 atom stereocenters. The van der Waals surface area contributed by atoms with Crippen LogP contribution in [-0.2, 0) is 10.9 Å². The van der Waals surface area contributed by atoms with Crippen molar-refractivity contribution >= 4 is 17.4 Å². The highest BCUT2D eigenvalue weighted by atomic mass is 35.5. The second kappa shape index (κ2) is 6.90. The topological polar surface area (TPSA) is 49.2 Å². The summed E-state index contributed by atoms with van der Waals surface area (Å²) >= 11 is 5.84. The zero-order valence-electron chi connectivity index (χ0n) is 13.0. The Morgan fingerprint density at radius 1 is 1.16 bits per heavy atom. The number of benzene rings is 1. The van der Waals surface area contributed by atoms with Crippen LogP contribution in [0.3, 0.4) is 0 Å². The number of nitriles is 1. The molecule has 3 rings (SSSR count). The maximum atomic E-state index is 13.5. The second-order valence-electron chi connectivity index (χ2n) is 5.47. The second-order valence-corrected chi connectivity index (χ2v) is 5.91. The van der Waals surface area contributed by atoms with E-state index in [-0.39, 0.29) is 11.5 Å². The average Bonchev–Trinajstić information content (AvgIpc) is 2.61. The van der Waals surface area contributed by atoms with Gasteiger partial charge in [-0.1, -0.05) is 23.7 Å². The van der Waals surface area contributed by atoms with Crippen LogP contribution in [0.15, 0.2) is 30.3 Å². The number of anilines is 1. The molecule has 0 bridgehead atoms. The maximum absolute atomic E-state index is 13.5. The van der Waals surface area contributed by atoms with E-state index in [0.717, 1.165) is 6.07 Å². The lowest BCUT2D eigenvalue weighted by molar-refractivity contribution is -0.137. The van der Waals surface area contributed by atoms with Crippen molar-refractivity contribution in [1.29, 1.82) is 5.26 Å². The van der Waals surface area contributed by atoms with E-state index in [4.69, 9.17) is 16.3 Å². The van der Waals surface area contributed by atoms with E-state index < -0.39 is 17.3 Å². The molecule has 4 nitrogen and oxygen atoms in total. The van der Waals surface area contributed by atoms with Gasteiger partial charge < -0.3 is 9.64 Å². The molecule has 0 aliphatic carbocycles. The molecule has 1 saturated heterocycles. The minimum Gasteiger partial charge on any atom is -0.378 e. The Morgan fingerprint density at radius 3 is 2.36 bits per heavy atom. The van der Waals surface area contributed by atoms with Gasteiger partial charge in [-0.2, -0.15) is 18.4 Å². The van der Waals surface area contributed by atoms with E-state index in [1.165, 1.54) is 0 Å². The highest BCUT2D eigenvalue weighted by Crippen LogP contribution is 2.38. The number of halogens is 4. The number of ether oxygens (including phenoxy) is 1. The van der Waals surface area contributed by atoms with Crippen molar-refractivity contribution in [1.82, 2.24) is 4.98 Å². The summed E-state index contributed by atoms with van der Waals surface area (Å²) in [6.45, 7) is 1.50. The summed E-state index contributed by atoms with van der Waals surface area (Å²) in [6.07, 6.45) is -4.66. The molecule has 0 amide bonds. The summed E-state index contributed by atoms with van der Waals surface area (Å²) in [6, 6.07) is 8.94. The molecule has 1 aromatic heterocycles. The van der Waals surface area contributed by atoms with Gasteiger partial charge in [-0.3, -0.25) is 0 Å². The van der Waals surface area contributed by atoms with Gasteiger partial charge in [0.2, 0.25) is 0 Å². The average molecular weight is 368 g/mol. The molecule has 0 spiro atoms. The number of hydrogen-bond acceptors (Lipinski definition) is 4. The van der Waals surface area contributed by atoms with Gasteiger partial charge in [0.25, 0.3) is 0 Å².